The van der Waals surface area contributed by atoms with Gasteiger partial charge in [-0.25, -0.2) is 8.42 Å². The number of anilines is 3. The molecule has 1 N–H and O–H groups in total. The number of hydrogen-bond acceptors (Lipinski definition) is 5. The zero-order chi connectivity index (χ0) is 22.3. The molecule has 1 fully saturated rings. The van der Waals surface area contributed by atoms with Crippen LogP contribution in [0.1, 0.15) is 18.4 Å². The van der Waals surface area contributed by atoms with Gasteiger partial charge < -0.3 is 14.5 Å². The van der Waals surface area contributed by atoms with Crippen LogP contribution in [0.5, 0.6) is 5.75 Å². The minimum atomic E-state index is -3.78. The number of nitrogens with zero attached hydrogens (tertiary/aromatic N) is 2. The van der Waals surface area contributed by atoms with Crippen molar-refractivity contribution < 1.29 is 13.2 Å². The molecule has 2 aliphatic rings. The van der Waals surface area contributed by atoms with Gasteiger partial charge in [-0.3, -0.25) is 4.72 Å². The molecule has 32 heavy (non-hydrogen) atoms. The largest absolute Gasteiger partial charge is 0.497 e. The van der Waals surface area contributed by atoms with E-state index in [0.717, 1.165) is 42.1 Å². The second kappa shape index (κ2) is 8.22. The molecule has 8 heteroatoms. The Morgan fingerprint density at radius 1 is 1.06 bits per heavy atom. The lowest BCUT2D eigenvalue weighted by Gasteiger charge is -2.27. The average molecular weight is 470 g/mol. The van der Waals surface area contributed by atoms with E-state index >= 15 is 0 Å². The molecule has 0 aromatic heterocycles. The van der Waals surface area contributed by atoms with Crippen LogP contribution < -0.4 is 19.3 Å². The van der Waals surface area contributed by atoms with Gasteiger partial charge in [0.2, 0.25) is 0 Å². The highest BCUT2D eigenvalue weighted by Crippen LogP contribution is 2.45. The molecule has 3 aromatic carbocycles. The van der Waals surface area contributed by atoms with Crippen LogP contribution in [0.3, 0.4) is 0 Å². The van der Waals surface area contributed by atoms with Crippen LogP contribution in [0, 0.1) is 0 Å². The van der Waals surface area contributed by atoms with E-state index in [1.165, 1.54) is 0 Å². The molecule has 0 amide bonds. The SMILES string of the molecule is COc1ccc(CN2c3cc(S(=O)(=O)Nc4ccccc4Cl)ccc3N3CCCC32)cc1. The Balaban J connectivity index is 1.48. The molecule has 1 saturated heterocycles. The summed E-state index contributed by atoms with van der Waals surface area (Å²) in [4.78, 5) is 4.90. The quantitative estimate of drug-likeness (QED) is 0.544. The molecule has 0 radical (unpaired) electrons. The summed E-state index contributed by atoms with van der Waals surface area (Å²) in [6, 6.07) is 20.2. The van der Waals surface area contributed by atoms with Gasteiger partial charge >= 0.3 is 0 Å². The van der Waals surface area contributed by atoms with Gasteiger partial charge in [-0.05, 0) is 60.9 Å². The Bertz CT molecular complexity index is 1250. The van der Waals surface area contributed by atoms with Crippen LogP contribution in [0.15, 0.2) is 71.6 Å². The van der Waals surface area contributed by atoms with Gasteiger partial charge in [-0.1, -0.05) is 35.9 Å². The number of rotatable bonds is 6. The first-order chi connectivity index (χ1) is 15.5. The van der Waals surface area contributed by atoms with Gasteiger partial charge in [0.15, 0.2) is 0 Å². The zero-order valence-electron chi connectivity index (χ0n) is 17.7. The molecule has 3 aromatic rings. The predicted octanol–water partition coefficient (Wildman–Crippen LogP) is 5.10. The number of nitrogens with one attached hydrogen (secondary N) is 1. The van der Waals surface area contributed by atoms with Crippen molar-refractivity contribution in [2.45, 2.75) is 30.4 Å². The van der Waals surface area contributed by atoms with Crippen LogP contribution in [0.2, 0.25) is 5.02 Å². The normalized spacial score (nSPS) is 17.2. The number of hydrogen-bond donors (Lipinski definition) is 1. The van der Waals surface area contributed by atoms with E-state index in [1.807, 2.05) is 18.2 Å². The van der Waals surface area contributed by atoms with Crippen molar-refractivity contribution in [3.05, 3.63) is 77.3 Å². The lowest BCUT2D eigenvalue weighted by molar-refractivity contribution is 0.414. The van der Waals surface area contributed by atoms with E-state index in [2.05, 4.69) is 26.7 Å². The monoisotopic (exact) mass is 469 g/mol. The molecule has 0 bridgehead atoms. The van der Waals surface area contributed by atoms with E-state index in [0.29, 0.717) is 17.3 Å². The first-order valence-corrected chi connectivity index (χ1v) is 12.4. The number of halogens is 1. The third-order valence-corrected chi connectivity index (χ3v) is 7.78. The molecule has 166 valence electrons. The molecule has 5 rings (SSSR count). The van der Waals surface area contributed by atoms with Crippen LogP contribution in [0.25, 0.3) is 0 Å². The molecular formula is C24H24ClN3O3S. The lowest BCUT2D eigenvalue weighted by Crippen LogP contribution is -2.38. The number of ether oxygens (including phenoxy) is 1. The highest BCUT2D eigenvalue weighted by molar-refractivity contribution is 7.92. The molecule has 0 saturated carbocycles. The fraction of sp³-hybridized carbons (Fsp3) is 0.250. The van der Waals surface area contributed by atoms with Crippen molar-refractivity contribution in [2.75, 3.05) is 28.2 Å². The summed E-state index contributed by atoms with van der Waals surface area (Å²) in [6.07, 6.45) is 2.41. The van der Waals surface area contributed by atoms with Gasteiger partial charge in [0, 0.05) is 13.1 Å². The fourth-order valence-electron chi connectivity index (χ4n) is 4.52. The van der Waals surface area contributed by atoms with E-state index < -0.39 is 10.0 Å². The predicted molar refractivity (Wildman–Crippen MR) is 128 cm³/mol. The summed E-state index contributed by atoms with van der Waals surface area (Å²) < 4.78 is 34.1. The van der Waals surface area contributed by atoms with Crippen molar-refractivity contribution in [1.29, 1.82) is 0 Å². The first-order valence-electron chi connectivity index (χ1n) is 10.5. The van der Waals surface area contributed by atoms with Crippen molar-refractivity contribution >= 4 is 38.7 Å². The number of methoxy groups -OCH3 is 1. The van der Waals surface area contributed by atoms with E-state index in [1.54, 1.807) is 43.5 Å². The van der Waals surface area contributed by atoms with Gasteiger partial charge in [0.25, 0.3) is 10.0 Å². The summed E-state index contributed by atoms with van der Waals surface area (Å²) in [5.74, 6) is 0.817. The number of sulfonamides is 1. The van der Waals surface area contributed by atoms with Crippen LogP contribution >= 0.6 is 11.6 Å². The van der Waals surface area contributed by atoms with Crippen LogP contribution in [-0.4, -0.2) is 28.2 Å². The van der Waals surface area contributed by atoms with Crippen molar-refractivity contribution in [3.8, 4) is 5.75 Å². The highest BCUT2D eigenvalue weighted by Gasteiger charge is 2.39. The van der Waals surface area contributed by atoms with Gasteiger partial charge in [-0.15, -0.1) is 0 Å². The van der Waals surface area contributed by atoms with E-state index in [9.17, 15) is 8.42 Å². The summed E-state index contributed by atoms with van der Waals surface area (Å²) in [5, 5.41) is 0.360. The summed E-state index contributed by atoms with van der Waals surface area (Å²) in [6.45, 7) is 1.67. The minimum Gasteiger partial charge on any atom is -0.497 e. The smallest absolute Gasteiger partial charge is 0.262 e. The maximum absolute atomic E-state index is 13.1. The molecule has 0 spiro atoms. The average Bonchev–Trinajstić information content (AvgIpc) is 3.38. The van der Waals surface area contributed by atoms with Gasteiger partial charge in [-0.2, -0.15) is 0 Å². The Morgan fingerprint density at radius 2 is 1.84 bits per heavy atom. The third kappa shape index (κ3) is 3.76. The summed E-state index contributed by atoms with van der Waals surface area (Å²) in [7, 11) is -2.13. The highest BCUT2D eigenvalue weighted by atomic mass is 35.5. The minimum absolute atomic E-state index is 0.220. The molecule has 0 aliphatic carbocycles. The van der Waals surface area contributed by atoms with Crippen molar-refractivity contribution in [3.63, 3.8) is 0 Å². The molecular weight excluding hydrogens is 446 g/mol. The molecule has 2 aliphatic heterocycles. The van der Waals surface area contributed by atoms with E-state index in [4.69, 9.17) is 16.3 Å². The summed E-state index contributed by atoms with van der Waals surface area (Å²) >= 11 is 6.16. The van der Waals surface area contributed by atoms with Crippen LogP contribution in [-0.2, 0) is 16.6 Å². The molecule has 6 nitrogen and oxygen atoms in total. The Morgan fingerprint density at radius 3 is 2.59 bits per heavy atom. The third-order valence-electron chi connectivity index (χ3n) is 6.09. The van der Waals surface area contributed by atoms with Crippen molar-refractivity contribution in [1.82, 2.24) is 0 Å². The Kier molecular flexibility index (Phi) is 5.39. The second-order valence-corrected chi connectivity index (χ2v) is 10.1. The number of benzene rings is 3. The molecule has 2 heterocycles. The maximum atomic E-state index is 13.1. The zero-order valence-corrected chi connectivity index (χ0v) is 19.2. The standard InChI is InChI=1S/C24H24ClN3O3S/c1-31-18-10-8-17(9-11-18)16-28-23-15-19(12-13-22(23)27-14-4-7-24(27)28)32(29,30)26-21-6-3-2-5-20(21)25/h2-3,5-6,8-13,15,24,26H,4,7,14,16H2,1H3. The van der Waals surface area contributed by atoms with Crippen LogP contribution in [0.4, 0.5) is 17.1 Å². The van der Waals surface area contributed by atoms with Crippen molar-refractivity contribution in [2.24, 2.45) is 0 Å². The van der Waals surface area contributed by atoms with Gasteiger partial charge in [0.1, 0.15) is 11.9 Å². The second-order valence-electron chi connectivity index (χ2n) is 8.03. The lowest BCUT2D eigenvalue weighted by atomic mass is 10.1. The topological polar surface area (TPSA) is 61.9 Å². The van der Waals surface area contributed by atoms with E-state index in [-0.39, 0.29) is 11.1 Å². The van der Waals surface area contributed by atoms with Gasteiger partial charge in [0.05, 0.1) is 34.1 Å². The fourth-order valence-corrected chi connectivity index (χ4v) is 5.86. The molecule has 1 atom stereocenters. The summed E-state index contributed by atoms with van der Waals surface area (Å²) in [5.41, 5.74) is 3.53. The first kappa shape index (κ1) is 21.0. The number of fused-ring (bicyclic) bond motifs is 3. The number of para-hydroxylation sites is 1. The Hall–Kier alpha value is -2.90. The Labute approximate surface area is 193 Å². The maximum Gasteiger partial charge on any atom is 0.262 e. The molecule has 1 unspecified atom stereocenters.